The summed E-state index contributed by atoms with van der Waals surface area (Å²) in [6, 6.07) is 2.27. The van der Waals surface area contributed by atoms with Crippen molar-refractivity contribution in [3.05, 3.63) is 47.8 Å². The number of ether oxygens (including phenoxy) is 2. The molecule has 2 heterocycles. The average molecular weight is 591 g/mol. The van der Waals surface area contributed by atoms with Crippen LogP contribution < -0.4 is 10.8 Å². The van der Waals surface area contributed by atoms with E-state index in [1.165, 1.54) is 21.9 Å². The number of carbonyl (C=O) groups excluding carboxylic acids is 4. The largest absolute Gasteiger partial charge is 0.527 e. The van der Waals surface area contributed by atoms with Gasteiger partial charge in [0.25, 0.3) is 0 Å². The number of hydrogen-bond acceptors (Lipinski definition) is 9. The first-order valence-electron chi connectivity index (χ1n) is 13.7. The molecule has 5 atom stereocenters. The minimum absolute atomic E-state index is 0.00867. The molecule has 2 fully saturated rings. The van der Waals surface area contributed by atoms with Gasteiger partial charge in [0, 0.05) is 24.4 Å². The van der Waals surface area contributed by atoms with Crippen LogP contribution in [-0.2, 0) is 41.8 Å². The first kappa shape index (κ1) is 30.8. The fourth-order valence-corrected chi connectivity index (χ4v) is 5.33. The number of rotatable bonds is 10. The van der Waals surface area contributed by atoms with E-state index in [4.69, 9.17) is 14.3 Å². The summed E-state index contributed by atoms with van der Waals surface area (Å²) in [6.45, 7) is 8.59. The van der Waals surface area contributed by atoms with Crippen molar-refractivity contribution in [1.29, 1.82) is 0 Å². The fraction of sp³-hybridized carbons (Fsp3) is 0.536. The number of fused-ring (bicyclic) bond motifs is 1. The maximum atomic E-state index is 14.2. The summed E-state index contributed by atoms with van der Waals surface area (Å²) in [5.74, 6) is -3.94. The first-order chi connectivity index (χ1) is 19.9. The first-order valence-corrected chi connectivity index (χ1v) is 13.7. The Bertz CT molecular complexity index is 1270. The van der Waals surface area contributed by atoms with E-state index in [0.29, 0.717) is 11.1 Å². The number of nitrogens with one attached hydrogen (secondary N) is 2. The molecule has 1 saturated carbocycles. The second kappa shape index (κ2) is 12.3. The van der Waals surface area contributed by atoms with Crippen LogP contribution >= 0.6 is 0 Å². The van der Waals surface area contributed by atoms with Gasteiger partial charge in [-0.1, -0.05) is 32.1 Å². The zero-order valence-corrected chi connectivity index (χ0v) is 23.6. The van der Waals surface area contributed by atoms with Crippen LogP contribution in [0.1, 0.15) is 44.7 Å². The van der Waals surface area contributed by atoms with E-state index in [0.717, 1.165) is 0 Å². The standard InChI is InChI=1S/C28H35FN4O9/c1-5-17-11-28(17,25(36)37)30-23(34)21-10-18(41-26(38)32-12-16-8-7-9-20(29)19(16)14-32)13-33(21)24(35)22(15(3)4)31-42-27(39)40-6-2/h5,7-9,15,17-18,21-22,31H,1,6,10-14H2,2-4H3,(H,30,34)(H,36,37)/t17-,18-,21+,22?,28?/m1/s1. The smallest absolute Gasteiger partial charge is 0.479 e. The van der Waals surface area contributed by atoms with Gasteiger partial charge in [-0.3, -0.25) is 14.5 Å². The normalized spacial score (nSPS) is 24.9. The Balaban J connectivity index is 1.51. The summed E-state index contributed by atoms with van der Waals surface area (Å²) in [7, 11) is 0. The van der Waals surface area contributed by atoms with Crippen LogP contribution in [0, 0.1) is 17.7 Å². The number of carboxylic acid groups (broad SMARTS) is 1. The van der Waals surface area contributed by atoms with Crippen molar-refractivity contribution in [3.63, 3.8) is 0 Å². The van der Waals surface area contributed by atoms with Crippen molar-refractivity contribution in [3.8, 4) is 0 Å². The zero-order chi connectivity index (χ0) is 30.8. The molecule has 2 unspecified atom stereocenters. The highest BCUT2D eigenvalue weighted by Crippen LogP contribution is 2.45. The number of likely N-dealkylation sites (tertiary alicyclic amines) is 1. The molecular formula is C28H35FN4O9. The van der Waals surface area contributed by atoms with Gasteiger partial charge in [-0.2, -0.15) is 0 Å². The summed E-state index contributed by atoms with van der Waals surface area (Å²) in [5.41, 5.74) is 1.89. The predicted molar refractivity (Wildman–Crippen MR) is 143 cm³/mol. The molecule has 1 saturated heterocycles. The Labute approximate surface area is 241 Å². The van der Waals surface area contributed by atoms with Crippen molar-refractivity contribution >= 4 is 30.0 Å². The van der Waals surface area contributed by atoms with Crippen LogP contribution in [0.2, 0.25) is 0 Å². The molecule has 3 amide bonds. The van der Waals surface area contributed by atoms with Gasteiger partial charge >= 0.3 is 18.2 Å². The number of hydrogen-bond donors (Lipinski definition) is 3. The number of aliphatic carboxylic acids is 1. The van der Waals surface area contributed by atoms with Crippen LogP contribution in [0.4, 0.5) is 14.0 Å². The minimum atomic E-state index is -1.55. The fourth-order valence-electron chi connectivity index (χ4n) is 5.33. The molecule has 3 aliphatic rings. The van der Waals surface area contributed by atoms with Crippen LogP contribution in [-0.4, -0.2) is 81.8 Å². The van der Waals surface area contributed by atoms with Gasteiger partial charge in [-0.25, -0.2) is 18.8 Å². The summed E-state index contributed by atoms with van der Waals surface area (Å²) in [4.78, 5) is 71.3. The molecule has 0 aromatic heterocycles. The quantitative estimate of drug-likeness (QED) is 0.209. The Morgan fingerprint density at radius 3 is 2.57 bits per heavy atom. The SMILES string of the molecule is C=C[C@@H]1CC1(NC(=O)[C@@H]1C[C@@H](OC(=O)N2Cc3cccc(F)c3C2)CN1C(=O)C(NOC(=O)OCC)C(C)C)C(=O)O. The van der Waals surface area contributed by atoms with Gasteiger partial charge in [0.05, 0.1) is 19.7 Å². The molecular weight excluding hydrogens is 555 g/mol. The summed E-state index contributed by atoms with van der Waals surface area (Å²) >= 11 is 0. The van der Waals surface area contributed by atoms with Gasteiger partial charge in [-0.05, 0) is 30.9 Å². The molecule has 1 aromatic carbocycles. The number of amides is 3. The molecule has 3 N–H and O–H groups in total. The van der Waals surface area contributed by atoms with Crippen LogP contribution in [0.5, 0.6) is 0 Å². The number of carbonyl (C=O) groups is 5. The van der Waals surface area contributed by atoms with E-state index in [2.05, 4.69) is 17.4 Å². The molecule has 42 heavy (non-hydrogen) atoms. The molecule has 0 bridgehead atoms. The third-order valence-corrected chi connectivity index (χ3v) is 7.79. The van der Waals surface area contributed by atoms with Gasteiger partial charge in [0.2, 0.25) is 11.8 Å². The van der Waals surface area contributed by atoms with Crippen LogP contribution in [0.25, 0.3) is 0 Å². The summed E-state index contributed by atoms with van der Waals surface area (Å²) < 4.78 is 24.6. The number of benzene rings is 1. The molecule has 0 radical (unpaired) electrons. The Hall–Kier alpha value is -4.20. The topological polar surface area (TPSA) is 164 Å². The van der Waals surface area contributed by atoms with Crippen molar-refractivity contribution < 1.29 is 47.8 Å². The minimum Gasteiger partial charge on any atom is -0.479 e. The van der Waals surface area contributed by atoms with Gasteiger partial charge < -0.3 is 29.6 Å². The number of halogens is 1. The number of hydroxylamine groups is 1. The summed E-state index contributed by atoms with van der Waals surface area (Å²) in [6.07, 6.45) is -1.25. The van der Waals surface area contributed by atoms with Gasteiger partial charge in [0.15, 0.2) is 0 Å². The molecule has 1 aromatic rings. The van der Waals surface area contributed by atoms with Gasteiger partial charge in [-0.15, -0.1) is 12.1 Å². The van der Waals surface area contributed by atoms with Crippen molar-refractivity contribution in [2.45, 2.75) is 70.4 Å². The predicted octanol–water partition coefficient (Wildman–Crippen LogP) is 2.10. The summed E-state index contributed by atoms with van der Waals surface area (Å²) in [5, 5.41) is 12.3. The molecule has 4 rings (SSSR count). The molecule has 1 aliphatic carbocycles. The van der Waals surface area contributed by atoms with Crippen LogP contribution in [0.15, 0.2) is 30.9 Å². The highest BCUT2D eigenvalue weighted by atomic mass is 19.1. The number of carboxylic acids is 1. The third kappa shape index (κ3) is 6.17. The van der Waals surface area contributed by atoms with E-state index in [1.54, 1.807) is 32.9 Å². The monoisotopic (exact) mass is 590 g/mol. The highest BCUT2D eigenvalue weighted by Gasteiger charge is 2.61. The third-order valence-electron chi connectivity index (χ3n) is 7.79. The molecule has 14 heteroatoms. The van der Waals surface area contributed by atoms with Crippen molar-refractivity contribution in [2.75, 3.05) is 13.2 Å². The highest BCUT2D eigenvalue weighted by molar-refractivity contribution is 5.95. The zero-order valence-electron chi connectivity index (χ0n) is 23.6. The van der Waals surface area contributed by atoms with E-state index in [9.17, 15) is 33.5 Å². The maximum absolute atomic E-state index is 14.2. The second-order valence-corrected chi connectivity index (χ2v) is 10.9. The lowest BCUT2D eigenvalue weighted by atomic mass is 10.0. The average Bonchev–Trinajstić information content (AvgIpc) is 3.25. The lowest BCUT2D eigenvalue weighted by Crippen LogP contribution is -2.57. The van der Waals surface area contributed by atoms with Crippen molar-refractivity contribution in [1.82, 2.24) is 20.6 Å². The molecule has 0 spiro atoms. The maximum Gasteiger partial charge on any atom is 0.527 e. The van der Waals surface area contributed by atoms with E-state index < -0.39 is 71.4 Å². The molecule has 13 nitrogen and oxygen atoms in total. The Morgan fingerprint density at radius 2 is 1.98 bits per heavy atom. The Morgan fingerprint density at radius 1 is 1.24 bits per heavy atom. The van der Waals surface area contributed by atoms with Crippen molar-refractivity contribution in [2.24, 2.45) is 11.8 Å². The second-order valence-electron chi connectivity index (χ2n) is 10.9. The van der Waals surface area contributed by atoms with E-state index in [1.807, 2.05) is 0 Å². The Kier molecular flexibility index (Phi) is 9.04. The van der Waals surface area contributed by atoms with Gasteiger partial charge in [0.1, 0.15) is 29.5 Å². The van der Waals surface area contributed by atoms with Crippen LogP contribution in [0.3, 0.4) is 0 Å². The van der Waals surface area contributed by atoms with E-state index in [-0.39, 0.29) is 39.1 Å². The lowest BCUT2D eigenvalue weighted by Gasteiger charge is -2.30. The molecule has 2 aliphatic heterocycles. The molecule has 228 valence electrons. The lowest BCUT2D eigenvalue weighted by molar-refractivity contribution is -0.147. The number of nitrogens with zero attached hydrogens (tertiary/aromatic N) is 2. The van der Waals surface area contributed by atoms with E-state index >= 15 is 0 Å².